The SMILES string of the molecule is CC(C)CCN(CCC(C)C)c1ccc(C(C)O)c(Br)c1. The number of rotatable bonds is 8. The smallest absolute Gasteiger partial charge is 0.0772 e. The first kappa shape index (κ1) is 18.5. The van der Waals surface area contributed by atoms with Gasteiger partial charge in [-0.1, -0.05) is 49.7 Å². The number of hydrogen-bond acceptors (Lipinski definition) is 2. The molecular formula is C18H30BrNO. The zero-order valence-electron chi connectivity index (χ0n) is 14.1. The third-order valence-electron chi connectivity index (χ3n) is 3.75. The van der Waals surface area contributed by atoms with Gasteiger partial charge < -0.3 is 10.0 Å². The maximum Gasteiger partial charge on any atom is 0.0772 e. The molecule has 0 saturated heterocycles. The van der Waals surface area contributed by atoms with Crippen molar-refractivity contribution in [1.29, 1.82) is 0 Å². The quantitative estimate of drug-likeness (QED) is 0.674. The van der Waals surface area contributed by atoms with E-state index in [0.717, 1.165) is 23.1 Å². The van der Waals surface area contributed by atoms with Gasteiger partial charge in [0.1, 0.15) is 0 Å². The first-order valence-corrected chi connectivity index (χ1v) is 8.83. The molecule has 0 bridgehead atoms. The van der Waals surface area contributed by atoms with Crippen LogP contribution in [0.5, 0.6) is 0 Å². The summed E-state index contributed by atoms with van der Waals surface area (Å²) in [6.07, 6.45) is 1.97. The minimum absolute atomic E-state index is 0.437. The zero-order chi connectivity index (χ0) is 16.0. The van der Waals surface area contributed by atoms with E-state index < -0.39 is 6.10 Å². The minimum atomic E-state index is -0.437. The molecule has 0 fully saturated rings. The van der Waals surface area contributed by atoms with Crippen LogP contribution in [-0.2, 0) is 0 Å². The van der Waals surface area contributed by atoms with Crippen molar-refractivity contribution in [2.24, 2.45) is 11.8 Å². The van der Waals surface area contributed by atoms with E-state index in [4.69, 9.17) is 0 Å². The van der Waals surface area contributed by atoms with Crippen molar-refractivity contribution in [3.05, 3.63) is 28.2 Å². The van der Waals surface area contributed by atoms with Crippen LogP contribution >= 0.6 is 15.9 Å². The highest BCUT2D eigenvalue weighted by molar-refractivity contribution is 9.10. The lowest BCUT2D eigenvalue weighted by atomic mass is 10.1. The van der Waals surface area contributed by atoms with Gasteiger partial charge in [0.2, 0.25) is 0 Å². The fourth-order valence-electron chi connectivity index (χ4n) is 2.25. The van der Waals surface area contributed by atoms with Crippen LogP contribution in [0.3, 0.4) is 0 Å². The van der Waals surface area contributed by atoms with Gasteiger partial charge in [0.25, 0.3) is 0 Å². The number of hydrogen-bond donors (Lipinski definition) is 1. The minimum Gasteiger partial charge on any atom is -0.389 e. The molecule has 0 aliphatic heterocycles. The molecule has 0 aliphatic rings. The van der Waals surface area contributed by atoms with Crippen molar-refractivity contribution in [3.8, 4) is 0 Å². The third kappa shape index (κ3) is 6.39. The number of aliphatic hydroxyl groups excluding tert-OH is 1. The van der Waals surface area contributed by atoms with Gasteiger partial charge in [-0.25, -0.2) is 0 Å². The van der Waals surface area contributed by atoms with Crippen LogP contribution in [0.1, 0.15) is 59.1 Å². The summed E-state index contributed by atoms with van der Waals surface area (Å²) in [5, 5.41) is 9.74. The molecule has 3 heteroatoms. The molecular weight excluding hydrogens is 326 g/mol. The first-order chi connectivity index (χ1) is 9.81. The van der Waals surface area contributed by atoms with Crippen molar-refractivity contribution in [1.82, 2.24) is 0 Å². The second kappa shape index (κ2) is 8.79. The lowest BCUT2D eigenvalue weighted by Crippen LogP contribution is -2.27. The topological polar surface area (TPSA) is 23.5 Å². The molecule has 0 spiro atoms. The number of benzene rings is 1. The van der Waals surface area contributed by atoms with Crippen LogP contribution in [0.15, 0.2) is 22.7 Å². The Balaban J connectivity index is 2.88. The highest BCUT2D eigenvalue weighted by atomic mass is 79.9. The zero-order valence-corrected chi connectivity index (χ0v) is 15.7. The van der Waals surface area contributed by atoms with Gasteiger partial charge in [0.15, 0.2) is 0 Å². The molecule has 1 atom stereocenters. The van der Waals surface area contributed by atoms with Gasteiger partial charge in [-0.15, -0.1) is 0 Å². The van der Waals surface area contributed by atoms with Crippen LogP contribution in [0, 0.1) is 11.8 Å². The van der Waals surface area contributed by atoms with Crippen LogP contribution in [0.4, 0.5) is 5.69 Å². The highest BCUT2D eigenvalue weighted by Crippen LogP contribution is 2.29. The Morgan fingerprint density at radius 2 is 1.52 bits per heavy atom. The van der Waals surface area contributed by atoms with Crippen molar-refractivity contribution >= 4 is 21.6 Å². The molecule has 1 unspecified atom stereocenters. The van der Waals surface area contributed by atoms with Crippen molar-refractivity contribution in [3.63, 3.8) is 0 Å². The largest absolute Gasteiger partial charge is 0.389 e. The molecule has 120 valence electrons. The van der Waals surface area contributed by atoms with E-state index in [1.807, 2.05) is 6.07 Å². The van der Waals surface area contributed by atoms with Crippen LogP contribution in [0.2, 0.25) is 0 Å². The van der Waals surface area contributed by atoms with E-state index in [1.54, 1.807) is 6.92 Å². The summed E-state index contributed by atoms with van der Waals surface area (Å²) in [6, 6.07) is 6.30. The van der Waals surface area contributed by atoms with E-state index >= 15 is 0 Å². The van der Waals surface area contributed by atoms with Gasteiger partial charge in [0.05, 0.1) is 6.10 Å². The van der Waals surface area contributed by atoms with Crippen LogP contribution < -0.4 is 4.90 Å². The lowest BCUT2D eigenvalue weighted by molar-refractivity contribution is 0.198. The average molecular weight is 356 g/mol. The first-order valence-electron chi connectivity index (χ1n) is 8.03. The molecule has 1 aromatic carbocycles. The molecule has 1 aromatic rings. The summed E-state index contributed by atoms with van der Waals surface area (Å²) >= 11 is 3.59. The van der Waals surface area contributed by atoms with Gasteiger partial charge in [-0.3, -0.25) is 0 Å². The lowest BCUT2D eigenvalue weighted by Gasteiger charge is -2.27. The van der Waals surface area contributed by atoms with E-state index in [9.17, 15) is 5.11 Å². The van der Waals surface area contributed by atoms with Crippen LogP contribution in [0.25, 0.3) is 0 Å². The average Bonchev–Trinajstić information content (AvgIpc) is 2.37. The molecule has 2 nitrogen and oxygen atoms in total. The molecule has 0 aliphatic carbocycles. The molecule has 21 heavy (non-hydrogen) atoms. The Morgan fingerprint density at radius 1 is 1.00 bits per heavy atom. The number of nitrogens with zero attached hydrogens (tertiary/aromatic N) is 1. The number of halogens is 1. The summed E-state index contributed by atoms with van der Waals surface area (Å²) in [4.78, 5) is 2.47. The van der Waals surface area contributed by atoms with Gasteiger partial charge in [0, 0.05) is 23.2 Å². The summed E-state index contributed by atoms with van der Waals surface area (Å²) in [5.74, 6) is 1.43. The molecule has 1 rings (SSSR count). The van der Waals surface area contributed by atoms with E-state index in [-0.39, 0.29) is 0 Å². The maximum atomic E-state index is 9.74. The Kier molecular flexibility index (Phi) is 7.75. The van der Waals surface area contributed by atoms with Crippen molar-refractivity contribution in [2.75, 3.05) is 18.0 Å². The van der Waals surface area contributed by atoms with E-state index in [1.165, 1.54) is 18.5 Å². The van der Waals surface area contributed by atoms with Gasteiger partial charge in [-0.2, -0.15) is 0 Å². The summed E-state index contributed by atoms with van der Waals surface area (Å²) in [5.41, 5.74) is 2.19. The van der Waals surface area contributed by atoms with E-state index in [2.05, 4.69) is 60.7 Å². The summed E-state index contributed by atoms with van der Waals surface area (Å²) < 4.78 is 0.995. The standard InChI is InChI=1S/C18H30BrNO/c1-13(2)8-10-20(11-9-14(3)4)16-6-7-17(15(5)21)18(19)12-16/h6-7,12-15,21H,8-11H2,1-5H3. The number of aliphatic hydroxyl groups is 1. The van der Waals surface area contributed by atoms with Crippen molar-refractivity contribution in [2.45, 2.75) is 53.6 Å². The number of anilines is 1. The molecule has 0 aromatic heterocycles. The Bertz CT molecular complexity index is 417. The monoisotopic (exact) mass is 355 g/mol. The fraction of sp³-hybridized carbons (Fsp3) is 0.667. The maximum absolute atomic E-state index is 9.74. The molecule has 0 amide bonds. The Hall–Kier alpha value is -0.540. The second-order valence-electron chi connectivity index (χ2n) is 6.73. The molecule has 0 saturated carbocycles. The van der Waals surface area contributed by atoms with Crippen molar-refractivity contribution < 1.29 is 5.11 Å². The highest BCUT2D eigenvalue weighted by Gasteiger charge is 2.12. The Labute approximate surface area is 138 Å². The van der Waals surface area contributed by atoms with Gasteiger partial charge >= 0.3 is 0 Å². The molecule has 1 N–H and O–H groups in total. The third-order valence-corrected chi connectivity index (χ3v) is 4.44. The molecule has 0 heterocycles. The van der Waals surface area contributed by atoms with Crippen LogP contribution in [-0.4, -0.2) is 18.2 Å². The van der Waals surface area contributed by atoms with Gasteiger partial charge in [-0.05, 0) is 49.3 Å². The predicted octanol–water partition coefficient (Wildman–Crippen LogP) is 5.40. The second-order valence-corrected chi connectivity index (χ2v) is 7.59. The normalized spacial score (nSPS) is 13.0. The molecule has 0 radical (unpaired) electrons. The predicted molar refractivity (Wildman–Crippen MR) is 95.9 cm³/mol. The summed E-state index contributed by atoms with van der Waals surface area (Å²) in [7, 11) is 0. The van der Waals surface area contributed by atoms with E-state index in [0.29, 0.717) is 11.8 Å². The Morgan fingerprint density at radius 3 is 1.90 bits per heavy atom. The summed E-state index contributed by atoms with van der Waals surface area (Å²) in [6.45, 7) is 13.1. The fourth-order valence-corrected chi connectivity index (χ4v) is 2.95.